The number of benzene rings is 1. The number of aromatic nitrogens is 2. The van der Waals surface area contributed by atoms with E-state index in [-0.39, 0.29) is 5.69 Å². The van der Waals surface area contributed by atoms with E-state index in [1.165, 1.54) is 12.8 Å². The lowest BCUT2D eigenvalue weighted by Gasteiger charge is -2.30. The third-order valence-corrected chi connectivity index (χ3v) is 4.36. The lowest BCUT2D eigenvalue weighted by atomic mass is 10.1. The molecule has 2 heterocycles. The fraction of sp³-hybridized carbons (Fsp3) is 0.533. The van der Waals surface area contributed by atoms with Crippen molar-refractivity contribution in [3.63, 3.8) is 0 Å². The summed E-state index contributed by atoms with van der Waals surface area (Å²) >= 11 is 0. The standard InChI is InChI=1S/C15H22N4O/c1-17-8-6-11(7-9-17)16-12-4-5-13-14(10-12)19(3)15(20)18(13)2/h4-5,10-11,16H,6-9H2,1-3H3. The molecule has 0 aliphatic carbocycles. The summed E-state index contributed by atoms with van der Waals surface area (Å²) in [7, 11) is 5.81. The average molecular weight is 274 g/mol. The van der Waals surface area contributed by atoms with Gasteiger partial charge in [0.05, 0.1) is 11.0 Å². The smallest absolute Gasteiger partial charge is 0.328 e. The molecule has 20 heavy (non-hydrogen) atoms. The average Bonchev–Trinajstić information content (AvgIpc) is 2.66. The van der Waals surface area contributed by atoms with Crippen LogP contribution in [0.15, 0.2) is 23.0 Å². The first-order valence-electron chi connectivity index (χ1n) is 7.17. The molecule has 1 aliphatic heterocycles. The van der Waals surface area contributed by atoms with Gasteiger partial charge in [-0.1, -0.05) is 0 Å². The number of aryl methyl sites for hydroxylation is 2. The van der Waals surface area contributed by atoms with E-state index >= 15 is 0 Å². The normalized spacial score (nSPS) is 17.8. The van der Waals surface area contributed by atoms with E-state index in [1.807, 2.05) is 20.2 Å². The van der Waals surface area contributed by atoms with Crippen LogP contribution < -0.4 is 11.0 Å². The van der Waals surface area contributed by atoms with Crippen molar-refractivity contribution >= 4 is 16.7 Å². The van der Waals surface area contributed by atoms with Crippen molar-refractivity contribution in [3.05, 3.63) is 28.7 Å². The van der Waals surface area contributed by atoms with E-state index in [0.717, 1.165) is 29.8 Å². The number of rotatable bonds is 2. The van der Waals surface area contributed by atoms with E-state index in [9.17, 15) is 4.79 Å². The van der Waals surface area contributed by atoms with Crippen molar-refractivity contribution in [2.45, 2.75) is 18.9 Å². The lowest BCUT2D eigenvalue weighted by molar-refractivity contribution is 0.264. The van der Waals surface area contributed by atoms with Crippen LogP contribution in [-0.4, -0.2) is 40.2 Å². The summed E-state index contributed by atoms with van der Waals surface area (Å²) in [5.41, 5.74) is 3.09. The van der Waals surface area contributed by atoms with Gasteiger partial charge in [-0.2, -0.15) is 0 Å². The molecule has 2 aromatic rings. The summed E-state index contributed by atoms with van der Waals surface area (Å²) in [6.07, 6.45) is 2.34. The van der Waals surface area contributed by atoms with Crippen LogP contribution in [-0.2, 0) is 14.1 Å². The number of piperidine rings is 1. The number of fused-ring (bicyclic) bond motifs is 1. The topological polar surface area (TPSA) is 42.2 Å². The Morgan fingerprint density at radius 1 is 1.05 bits per heavy atom. The van der Waals surface area contributed by atoms with Crippen LogP contribution in [0.2, 0.25) is 0 Å². The molecule has 108 valence electrons. The molecule has 5 nitrogen and oxygen atoms in total. The molecule has 0 amide bonds. The molecule has 1 fully saturated rings. The summed E-state index contributed by atoms with van der Waals surface area (Å²) < 4.78 is 3.39. The monoisotopic (exact) mass is 274 g/mol. The molecular weight excluding hydrogens is 252 g/mol. The fourth-order valence-electron chi connectivity index (χ4n) is 2.99. The number of nitrogens with zero attached hydrogens (tertiary/aromatic N) is 3. The molecule has 5 heteroatoms. The SMILES string of the molecule is CN1CCC(Nc2ccc3c(c2)n(C)c(=O)n3C)CC1. The van der Waals surface area contributed by atoms with Gasteiger partial charge in [-0.25, -0.2) is 4.79 Å². The Kier molecular flexibility index (Phi) is 3.30. The first kappa shape index (κ1) is 13.2. The molecular formula is C15H22N4O. The molecule has 1 aromatic heterocycles. The predicted octanol–water partition coefficient (Wildman–Crippen LogP) is 1.38. The Hall–Kier alpha value is -1.75. The molecule has 1 aliphatic rings. The lowest BCUT2D eigenvalue weighted by Crippen LogP contribution is -2.36. The van der Waals surface area contributed by atoms with Gasteiger partial charge < -0.3 is 10.2 Å². The van der Waals surface area contributed by atoms with Gasteiger partial charge in [0.2, 0.25) is 0 Å². The number of anilines is 1. The van der Waals surface area contributed by atoms with E-state index in [2.05, 4.69) is 29.4 Å². The van der Waals surface area contributed by atoms with Gasteiger partial charge in [-0.05, 0) is 51.2 Å². The molecule has 1 N–H and O–H groups in total. The predicted molar refractivity (Wildman–Crippen MR) is 82.3 cm³/mol. The minimum Gasteiger partial charge on any atom is -0.382 e. The highest BCUT2D eigenvalue weighted by atomic mass is 16.1. The van der Waals surface area contributed by atoms with Gasteiger partial charge in [-0.15, -0.1) is 0 Å². The number of imidazole rings is 1. The van der Waals surface area contributed by atoms with Crippen LogP contribution >= 0.6 is 0 Å². The fourth-order valence-corrected chi connectivity index (χ4v) is 2.99. The van der Waals surface area contributed by atoms with Gasteiger partial charge in [0.1, 0.15) is 0 Å². The minimum absolute atomic E-state index is 0.0245. The van der Waals surface area contributed by atoms with Crippen molar-refractivity contribution < 1.29 is 0 Å². The summed E-state index contributed by atoms with van der Waals surface area (Å²) in [6.45, 7) is 2.29. The first-order valence-corrected chi connectivity index (χ1v) is 7.17. The van der Waals surface area contributed by atoms with Crippen LogP contribution in [0.4, 0.5) is 5.69 Å². The second-order valence-electron chi connectivity index (χ2n) is 5.83. The molecule has 0 atom stereocenters. The second-order valence-corrected chi connectivity index (χ2v) is 5.83. The zero-order chi connectivity index (χ0) is 14.3. The molecule has 1 saturated heterocycles. The Labute approximate surface area is 118 Å². The second kappa shape index (κ2) is 4.98. The summed E-state index contributed by atoms with van der Waals surface area (Å²) in [4.78, 5) is 14.3. The summed E-state index contributed by atoms with van der Waals surface area (Å²) in [5.74, 6) is 0. The minimum atomic E-state index is 0.0245. The van der Waals surface area contributed by atoms with Crippen molar-refractivity contribution in [3.8, 4) is 0 Å². The van der Waals surface area contributed by atoms with Crippen LogP contribution in [0.25, 0.3) is 11.0 Å². The molecule has 0 radical (unpaired) electrons. The Morgan fingerprint density at radius 3 is 2.40 bits per heavy atom. The molecule has 1 aromatic carbocycles. The molecule has 0 spiro atoms. The molecule has 0 saturated carbocycles. The Morgan fingerprint density at radius 2 is 1.70 bits per heavy atom. The number of hydrogen-bond donors (Lipinski definition) is 1. The third-order valence-electron chi connectivity index (χ3n) is 4.36. The van der Waals surface area contributed by atoms with Crippen molar-refractivity contribution in [1.82, 2.24) is 14.0 Å². The van der Waals surface area contributed by atoms with Crippen LogP contribution in [0.5, 0.6) is 0 Å². The van der Waals surface area contributed by atoms with Gasteiger partial charge >= 0.3 is 5.69 Å². The van der Waals surface area contributed by atoms with Crippen LogP contribution in [0.3, 0.4) is 0 Å². The van der Waals surface area contributed by atoms with Gasteiger partial charge in [0.15, 0.2) is 0 Å². The highest BCUT2D eigenvalue weighted by Gasteiger charge is 2.16. The van der Waals surface area contributed by atoms with Crippen molar-refractivity contribution in [2.24, 2.45) is 14.1 Å². The maximum Gasteiger partial charge on any atom is 0.328 e. The maximum absolute atomic E-state index is 11.9. The molecule has 3 rings (SSSR count). The number of hydrogen-bond acceptors (Lipinski definition) is 3. The van der Waals surface area contributed by atoms with Crippen LogP contribution in [0, 0.1) is 0 Å². The van der Waals surface area contributed by atoms with Crippen molar-refractivity contribution in [1.29, 1.82) is 0 Å². The van der Waals surface area contributed by atoms with E-state index in [1.54, 1.807) is 9.13 Å². The largest absolute Gasteiger partial charge is 0.382 e. The zero-order valence-corrected chi connectivity index (χ0v) is 12.4. The highest BCUT2D eigenvalue weighted by molar-refractivity contribution is 5.80. The van der Waals surface area contributed by atoms with Crippen molar-refractivity contribution in [2.75, 3.05) is 25.5 Å². The van der Waals surface area contributed by atoms with E-state index in [4.69, 9.17) is 0 Å². The quantitative estimate of drug-likeness (QED) is 0.899. The van der Waals surface area contributed by atoms with Gasteiger partial charge in [-0.3, -0.25) is 9.13 Å². The first-order chi connectivity index (χ1) is 9.56. The van der Waals surface area contributed by atoms with Gasteiger partial charge in [0.25, 0.3) is 0 Å². The van der Waals surface area contributed by atoms with E-state index < -0.39 is 0 Å². The maximum atomic E-state index is 11.9. The molecule has 0 unspecified atom stereocenters. The molecule has 0 bridgehead atoms. The summed E-state index contributed by atoms with van der Waals surface area (Å²) in [5, 5.41) is 3.60. The van der Waals surface area contributed by atoms with E-state index in [0.29, 0.717) is 6.04 Å². The zero-order valence-electron chi connectivity index (χ0n) is 12.4. The Balaban J connectivity index is 1.86. The number of likely N-dealkylation sites (tertiary alicyclic amines) is 1. The third kappa shape index (κ3) is 2.22. The highest BCUT2D eigenvalue weighted by Crippen LogP contribution is 2.20. The Bertz CT molecular complexity index is 677. The van der Waals surface area contributed by atoms with Crippen LogP contribution in [0.1, 0.15) is 12.8 Å². The van der Waals surface area contributed by atoms with Gasteiger partial charge in [0, 0.05) is 25.8 Å². The number of nitrogens with one attached hydrogen (secondary N) is 1. The summed E-state index contributed by atoms with van der Waals surface area (Å²) in [6, 6.07) is 6.70.